The van der Waals surface area contributed by atoms with Crippen LogP contribution in [0.1, 0.15) is 18.4 Å². The molecule has 0 unspecified atom stereocenters. The molecule has 3 heteroatoms. The van der Waals surface area contributed by atoms with Crippen LogP contribution in [-0.2, 0) is 0 Å². The van der Waals surface area contributed by atoms with Crippen molar-refractivity contribution in [3.8, 4) is 0 Å². The molecule has 1 heterocycles. The molecular formula is C10H8BrN2. The molecule has 1 aliphatic heterocycles. The molecule has 0 spiro atoms. The molecule has 2 nitrogen and oxygen atoms in total. The number of benzene rings is 1. The first-order valence-electron chi connectivity index (χ1n) is 4.43. The lowest BCUT2D eigenvalue weighted by molar-refractivity contribution is 0.974. The van der Waals surface area contributed by atoms with Gasteiger partial charge in [0, 0.05) is 16.0 Å². The highest BCUT2D eigenvalue weighted by atomic mass is 79.9. The first-order valence-corrected chi connectivity index (χ1v) is 5.22. The molecule has 0 saturated heterocycles. The summed E-state index contributed by atoms with van der Waals surface area (Å²) in [5.41, 5.74) is 7.58. The highest BCUT2D eigenvalue weighted by Crippen LogP contribution is 2.38. The van der Waals surface area contributed by atoms with Crippen molar-refractivity contribution in [2.75, 3.05) is 0 Å². The van der Waals surface area contributed by atoms with Gasteiger partial charge < -0.3 is 0 Å². The van der Waals surface area contributed by atoms with Gasteiger partial charge in [-0.15, -0.1) is 0 Å². The van der Waals surface area contributed by atoms with Crippen LogP contribution >= 0.6 is 15.9 Å². The summed E-state index contributed by atoms with van der Waals surface area (Å²) in [5, 5.41) is 4.23. The normalized spacial score (nSPS) is 19.3. The van der Waals surface area contributed by atoms with Crippen LogP contribution in [0.25, 0.3) is 0 Å². The predicted molar refractivity (Wildman–Crippen MR) is 55.2 cm³/mol. The van der Waals surface area contributed by atoms with Gasteiger partial charge in [0.25, 0.3) is 0 Å². The zero-order chi connectivity index (χ0) is 8.84. The Kier molecular flexibility index (Phi) is 1.50. The van der Waals surface area contributed by atoms with Crippen LogP contribution in [0.5, 0.6) is 0 Å². The Hall–Kier alpha value is -0.830. The van der Waals surface area contributed by atoms with Gasteiger partial charge in [-0.25, -0.2) is 0 Å². The van der Waals surface area contributed by atoms with E-state index in [2.05, 4.69) is 32.5 Å². The molecule has 1 aliphatic carbocycles. The highest BCUT2D eigenvalue weighted by Gasteiger charge is 2.33. The molecule has 0 aromatic heterocycles. The molecule has 0 amide bonds. The highest BCUT2D eigenvalue weighted by molar-refractivity contribution is 9.10. The standard InChI is InChI=1S/C10H8BrN2/c11-7-3-4-9-8(5-7)10(13-12-9)6-1-2-6/h3-6H,1-2H2. The van der Waals surface area contributed by atoms with Gasteiger partial charge >= 0.3 is 0 Å². The van der Waals surface area contributed by atoms with Crippen LogP contribution in [0.2, 0.25) is 0 Å². The molecule has 0 N–H and O–H groups in total. The van der Waals surface area contributed by atoms with Crippen molar-refractivity contribution in [2.24, 2.45) is 11.0 Å². The van der Waals surface area contributed by atoms with E-state index in [9.17, 15) is 0 Å². The second-order valence-corrected chi connectivity index (χ2v) is 4.44. The molecule has 0 atom stereocenters. The molecule has 13 heavy (non-hydrogen) atoms. The van der Waals surface area contributed by atoms with Crippen LogP contribution in [0.4, 0.5) is 5.69 Å². The summed E-state index contributed by atoms with van der Waals surface area (Å²) >= 11 is 3.47. The number of hydrogen-bond donors (Lipinski definition) is 0. The van der Waals surface area contributed by atoms with Crippen LogP contribution in [0, 0.1) is 5.92 Å². The van der Waals surface area contributed by atoms with Gasteiger partial charge in [0.05, 0.1) is 11.4 Å². The average molecular weight is 236 g/mol. The molecule has 1 aromatic rings. The second-order valence-electron chi connectivity index (χ2n) is 3.52. The minimum atomic E-state index is 0.680. The fourth-order valence-electron chi connectivity index (χ4n) is 1.62. The number of nitrogens with zero attached hydrogens (tertiary/aromatic N) is 2. The number of halogens is 1. The van der Waals surface area contributed by atoms with Gasteiger partial charge in [-0.3, -0.25) is 0 Å². The lowest BCUT2D eigenvalue weighted by Crippen LogP contribution is -1.98. The summed E-state index contributed by atoms with van der Waals surface area (Å²) in [6.07, 6.45) is 2.56. The van der Waals surface area contributed by atoms with Crippen LogP contribution in [-0.4, -0.2) is 5.71 Å². The van der Waals surface area contributed by atoms with Crippen molar-refractivity contribution in [1.82, 2.24) is 5.43 Å². The fourth-order valence-corrected chi connectivity index (χ4v) is 1.98. The zero-order valence-corrected chi connectivity index (χ0v) is 8.58. The van der Waals surface area contributed by atoms with E-state index in [1.807, 2.05) is 12.1 Å². The maximum atomic E-state index is 4.23. The van der Waals surface area contributed by atoms with Gasteiger partial charge in [-0.2, -0.15) is 10.5 Å². The molecule has 1 saturated carbocycles. The van der Waals surface area contributed by atoms with Crippen molar-refractivity contribution >= 4 is 27.3 Å². The molecule has 65 valence electrons. The van der Waals surface area contributed by atoms with E-state index in [1.165, 1.54) is 24.1 Å². The van der Waals surface area contributed by atoms with Gasteiger partial charge in [-0.1, -0.05) is 15.9 Å². The van der Waals surface area contributed by atoms with Crippen molar-refractivity contribution < 1.29 is 0 Å². The summed E-state index contributed by atoms with van der Waals surface area (Å²) < 4.78 is 1.11. The average Bonchev–Trinajstić information content (AvgIpc) is 2.87. The Morgan fingerprint density at radius 3 is 2.92 bits per heavy atom. The Bertz CT molecular complexity index is 394. The second kappa shape index (κ2) is 2.58. The molecule has 1 aromatic carbocycles. The Morgan fingerprint density at radius 1 is 1.31 bits per heavy atom. The third kappa shape index (κ3) is 1.18. The van der Waals surface area contributed by atoms with Gasteiger partial charge in [-0.05, 0) is 31.0 Å². The zero-order valence-electron chi connectivity index (χ0n) is 7.00. The Balaban J connectivity index is 2.09. The topological polar surface area (TPSA) is 26.5 Å². The van der Waals surface area contributed by atoms with Crippen molar-refractivity contribution in [3.05, 3.63) is 28.2 Å². The third-order valence-electron chi connectivity index (χ3n) is 2.46. The largest absolute Gasteiger partial charge is 0.154 e. The van der Waals surface area contributed by atoms with Gasteiger partial charge in [0.1, 0.15) is 0 Å². The lowest BCUT2D eigenvalue weighted by atomic mass is 10.1. The quantitative estimate of drug-likeness (QED) is 0.716. The van der Waals surface area contributed by atoms with Crippen LogP contribution in [0.3, 0.4) is 0 Å². The molecule has 0 bridgehead atoms. The maximum Gasteiger partial charge on any atom is 0.0949 e. The number of rotatable bonds is 1. The minimum absolute atomic E-state index is 0.680. The predicted octanol–water partition coefficient (Wildman–Crippen LogP) is 2.81. The van der Waals surface area contributed by atoms with E-state index in [1.54, 1.807) is 0 Å². The molecule has 1 radical (unpaired) electrons. The fraction of sp³-hybridized carbons (Fsp3) is 0.300. The van der Waals surface area contributed by atoms with Crippen LogP contribution in [0.15, 0.2) is 27.8 Å². The minimum Gasteiger partial charge on any atom is -0.154 e. The SMILES string of the molecule is Brc1ccc2c(c1)C(C1CC1)=N[N]2. The van der Waals surface area contributed by atoms with E-state index in [0.717, 1.165) is 10.2 Å². The first kappa shape index (κ1) is 7.56. The van der Waals surface area contributed by atoms with E-state index >= 15 is 0 Å². The maximum absolute atomic E-state index is 4.23. The van der Waals surface area contributed by atoms with Crippen molar-refractivity contribution in [2.45, 2.75) is 12.8 Å². The Labute approximate surface area is 85.2 Å². The van der Waals surface area contributed by atoms with Gasteiger partial charge in [0.15, 0.2) is 0 Å². The Morgan fingerprint density at radius 2 is 2.15 bits per heavy atom. The van der Waals surface area contributed by atoms with E-state index in [4.69, 9.17) is 0 Å². The summed E-state index contributed by atoms with van der Waals surface area (Å²) in [4.78, 5) is 0. The summed E-state index contributed by atoms with van der Waals surface area (Å²) in [5.74, 6) is 0.680. The number of hydrogen-bond acceptors (Lipinski definition) is 1. The molecular weight excluding hydrogens is 228 g/mol. The number of fused-ring (bicyclic) bond motifs is 1. The lowest BCUT2D eigenvalue weighted by Gasteiger charge is -1.99. The molecule has 3 rings (SSSR count). The van der Waals surface area contributed by atoms with E-state index in [-0.39, 0.29) is 0 Å². The molecule has 2 aliphatic rings. The monoisotopic (exact) mass is 235 g/mol. The van der Waals surface area contributed by atoms with E-state index in [0.29, 0.717) is 5.92 Å². The van der Waals surface area contributed by atoms with Crippen molar-refractivity contribution in [3.63, 3.8) is 0 Å². The van der Waals surface area contributed by atoms with E-state index < -0.39 is 0 Å². The van der Waals surface area contributed by atoms with Crippen LogP contribution < -0.4 is 5.43 Å². The smallest absolute Gasteiger partial charge is 0.0949 e. The van der Waals surface area contributed by atoms with Gasteiger partial charge in [0.2, 0.25) is 0 Å². The summed E-state index contributed by atoms with van der Waals surface area (Å²) in [6.45, 7) is 0. The summed E-state index contributed by atoms with van der Waals surface area (Å²) in [6, 6.07) is 6.13. The third-order valence-corrected chi connectivity index (χ3v) is 2.96. The van der Waals surface area contributed by atoms with Crippen molar-refractivity contribution in [1.29, 1.82) is 0 Å². The first-order chi connectivity index (χ1) is 6.34. The summed E-state index contributed by atoms with van der Waals surface area (Å²) in [7, 11) is 0. The molecule has 1 fully saturated rings.